The molecular weight excluding hydrogens is 961 g/mol. The van der Waals surface area contributed by atoms with Crippen molar-refractivity contribution >= 4 is 17.9 Å². The van der Waals surface area contributed by atoms with Gasteiger partial charge in [0.15, 0.2) is 6.10 Å². The van der Waals surface area contributed by atoms with Crippen LogP contribution in [0.5, 0.6) is 0 Å². The maximum atomic E-state index is 12.9. The molecule has 1 atom stereocenters. The quantitative estimate of drug-likeness (QED) is 0.0261. The molecule has 0 N–H and O–H groups in total. The summed E-state index contributed by atoms with van der Waals surface area (Å²) in [6.07, 6.45) is 86.3. The van der Waals surface area contributed by atoms with Gasteiger partial charge in [-0.05, 0) is 89.9 Å². The first-order valence-corrected chi connectivity index (χ1v) is 33.9. The van der Waals surface area contributed by atoms with Gasteiger partial charge in [0.05, 0.1) is 0 Å². The van der Waals surface area contributed by atoms with E-state index in [2.05, 4.69) is 93.7 Å². The van der Waals surface area contributed by atoms with Crippen LogP contribution in [0.1, 0.15) is 348 Å². The third-order valence-electron chi connectivity index (χ3n) is 14.9. The van der Waals surface area contributed by atoms with Gasteiger partial charge in [-0.15, -0.1) is 0 Å². The van der Waals surface area contributed by atoms with Crippen molar-refractivity contribution in [2.24, 2.45) is 0 Å². The van der Waals surface area contributed by atoms with Gasteiger partial charge in [0.25, 0.3) is 0 Å². The molecule has 0 spiro atoms. The van der Waals surface area contributed by atoms with E-state index < -0.39 is 6.10 Å². The maximum absolute atomic E-state index is 12.9. The third kappa shape index (κ3) is 63.7. The SMILES string of the molecule is CC/C=C\C/C=C\C/C=C\C/C=C\C/C=C\CCCCCC(=O)OC(COC(=O)CCCCCCCCCCCCC/C=C\CCCCCCCCCC)COC(=O)CCCCCCCCCCCCCCCCCCCC. The number of rotatable bonds is 62. The normalized spacial score (nSPS) is 12.5. The molecule has 0 aromatic heterocycles. The number of esters is 3. The largest absolute Gasteiger partial charge is 0.462 e. The van der Waals surface area contributed by atoms with Gasteiger partial charge in [-0.25, -0.2) is 0 Å². The lowest BCUT2D eigenvalue weighted by Crippen LogP contribution is -2.30. The van der Waals surface area contributed by atoms with Crippen molar-refractivity contribution in [3.8, 4) is 0 Å². The Kier molecular flexibility index (Phi) is 63.7. The standard InChI is InChI=1S/C72H128O6/c1-4-7-10-13-16-19-22-25-28-31-34-35-36-37-39-41-44-47-50-53-56-59-62-65-71(74)77-68-69(67-76-70(73)64-61-58-55-52-49-46-43-40-33-30-27-24-21-18-15-12-9-6-3)78-72(75)66-63-60-57-54-51-48-45-42-38-32-29-26-23-20-17-14-11-8-5-2/h8,11,17,20,26,29,31,34,38,42,48,51,69H,4-7,9-10,12-16,18-19,21-25,27-28,30,32-33,35-37,39-41,43-47,49-50,52-68H2,1-3H3/b11-8-,20-17-,29-26-,34-31-,42-38-,51-48-. The topological polar surface area (TPSA) is 78.9 Å². The lowest BCUT2D eigenvalue weighted by atomic mass is 10.0. The highest BCUT2D eigenvalue weighted by molar-refractivity contribution is 5.71. The first-order valence-electron chi connectivity index (χ1n) is 33.9. The molecule has 6 heteroatoms. The summed E-state index contributed by atoms with van der Waals surface area (Å²) in [5.41, 5.74) is 0. The van der Waals surface area contributed by atoms with Crippen LogP contribution >= 0.6 is 0 Å². The van der Waals surface area contributed by atoms with Crippen molar-refractivity contribution in [1.82, 2.24) is 0 Å². The molecule has 78 heavy (non-hydrogen) atoms. The summed E-state index contributed by atoms with van der Waals surface area (Å²) in [6, 6.07) is 0. The van der Waals surface area contributed by atoms with E-state index in [-0.39, 0.29) is 31.1 Å². The summed E-state index contributed by atoms with van der Waals surface area (Å²) >= 11 is 0. The Bertz CT molecular complexity index is 1440. The third-order valence-corrected chi connectivity index (χ3v) is 14.9. The lowest BCUT2D eigenvalue weighted by molar-refractivity contribution is -0.167. The second-order valence-corrected chi connectivity index (χ2v) is 22.7. The van der Waals surface area contributed by atoms with Crippen LogP contribution < -0.4 is 0 Å². The van der Waals surface area contributed by atoms with E-state index in [0.717, 1.165) is 96.3 Å². The Hall–Kier alpha value is -3.15. The molecule has 452 valence electrons. The molecule has 1 unspecified atom stereocenters. The zero-order valence-electron chi connectivity index (χ0n) is 51.9. The van der Waals surface area contributed by atoms with Gasteiger partial charge in [0.1, 0.15) is 13.2 Å². The molecule has 0 aromatic rings. The average Bonchev–Trinajstić information content (AvgIpc) is 3.44. The predicted molar refractivity (Wildman–Crippen MR) is 339 cm³/mol. The Morgan fingerprint density at radius 1 is 0.269 bits per heavy atom. The second kappa shape index (κ2) is 66.4. The molecule has 0 radical (unpaired) electrons. The molecule has 0 saturated heterocycles. The zero-order chi connectivity index (χ0) is 56.4. The number of hydrogen-bond donors (Lipinski definition) is 0. The molecule has 0 rings (SSSR count). The van der Waals surface area contributed by atoms with Crippen LogP contribution in [0.25, 0.3) is 0 Å². The van der Waals surface area contributed by atoms with Crippen molar-refractivity contribution in [3.63, 3.8) is 0 Å². The predicted octanol–water partition coefficient (Wildman–Crippen LogP) is 23.3. The highest BCUT2D eigenvalue weighted by Crippen LogP contribution is 2.17. The first-order chi connectivity index (χ1) is 38.5. The fraction of sp³-hybridized carbons (Fsp3) is 0.792. The number of allylic oxidation sites excluding steroid dienone is 12. The molecule has 0 heterocycles. The van der Waals surface area contributed by atoms with Gasteiger partial charge >= 0.3 is 17.9 Å². The fourth-order valence-electron chi connectivity index (χ4n) is 9.88. The Morgan fingerprint density at radius 2 is 0.500 bits per heavy atom. The number of carbonyl (C=O) groups excluding carboxylic acids is 3. The Morgan fingerprint density at radius 3 is 0.808 bits per heavy atom. The fourth-order valence-corrected chi connectivity index (χ4v) is 9.88. The maximum Gasteiger partial charge on any atom is 0.306 e. The average molecular weight is 1090 g/mol. The summed E-state index contributed by atoms with van der Waals surface area (Å²) in [5, 5.41) is 0. The van der Waals surface area contributed by atoms with Crippen LogP contribution in [0.15, 0.2) is 72.9 Å². The molecular formula is C72H128O6. The molecule has 0 saturated carbocycles. The summed E-state index contributed by atoms with van der Waals surface area (Å²) < 4.78 is 17.0. The summed E-state index contributed by atoms with van der Waals surface area (Å²) in [6.45, 7) is 6.55. The van der Waals surface area contributed by atoms with E-state index in [1.807, 2.05) is 0 Å². The van der Waals surface area contributed by atoms with Gasteiger partial charge in [-0.1, -0.05) is 312 Å². The van der Waals surface area contributed by atoms with Crippen LogP contribution in [0.4, 0.5) is 0 Å². The van der Waals surface area contributed by atoms with E-state index in [1.165, 1.54) is 212 Å². The second-order valence-electron chi connectivity index (χ2n) is 22.7. The van der Waals surface area contributed by atoms with Gasteiger partial charge < -0.3 is 14.2 Å². The van der Waals surface area contributed by atoms with E-state index in [1.54, 1.807) is 0 Å². The molecule has 0 aliphatic heterocycles. The number of unbranched alkanes of at least 4 members (excludes halogenated alkanes) is 39. The molecule has 6 nitrogen and oxygen atoms in total. The Labute approximate surface area is 484 Å². The molecule has 0 fully saturated rings. The molecule has 0 aromatic carbocycles. The van der Waals surface area contributed by atoms with Crippen molar-refractivity contribution in [3.05, 3.63) is 72.9 Å². The summed E-state index contributed by atoms with van der Waals surface area (Å²) in [7, 11) is 0. The van der Waals surface area contributed by atoms with Crippen molar-refractivity contribution in [2.75, 3.05) is 13.2 Å². The smallest absolute Gasteiger partial charge is 0.306 e. The van der Waals surface area contributed by atoms with Crippen LogP contribution in [0.3, 0.4) is 0 Å². The minimum atomic E-state index is -0.793. The van der Waals surface area contributed by atoms with E-state index >= 15 is 0 Å². The van der Waals surface area contributed by atoms with Crippen LogP contribution in [-0.2, 0) is 28.6 Å². The van der Waals surface area contributed by atoms with Crippen LogP contribution in [0.2, 0.25) is 0 Å². The van der Waals surface area contributed by atoms with Crippen molar-refractivity contribution < 1.29 is 28.6 Å². The highest BCUT2D eigenvalue weighted by atomic mass is 16.6. The van der Waals surface area contributed by atoms with Gasteiger partial charge in [-0.3, -0.25) is 14.4 Å². The monoisotopic (exact) mass is 1090 g/mol. The van der Waals surface area contributed by atoms with Crippen LogP contribution in [0, 0.1) is 0 Å². The first kappa shape index (κ1) is 74.8. The van der Waals surface area contributed by atoms with Gasteiger partial charge in [0.2, 0.25) is 0 Å². The van der Waals surface area contributed by atoms with Gasteiger partial charge in [-0.2, -0.15) is 0 Å². The van der Waals surface area contributed by atoms with Gasteiger partial charge in [0, 0.05) is 19.3 Å². The van der Waals surface area contributed by atoms with Crippen LogP contribution in [-0.4, -0.2) is 37.2 Å². The van der Waals surface area contributed by atoms with Crippen molar-refractivity contribution in [1.29, 1.82) is 0 Å². The van der Waals surface area contributed by atoms with Crippen molar-refractivity contribution in [2.45, 2.75) is 354 Å². The summed E-state index contributed by atoms with van der Waals surface area (Å²) in [4.78, 5) is 38.4. The number of hydrogen-bond acceptors (Lipinski definition) is 6. The molecule has 0 aliphatic rings. The van der Waals surface area contributed by atoms with E-state index in [4.69, 9.17) is 14.2 Å². The zero-order valence-corrected chi connectivity index (χ0v) is 51.9. The Balaban J connectivity index is 4.38. The summed E-state index contributed by atoms with van der Waals surface area (Å²) in [5.74, 6) is -0.899. The van der Waals surface area contributed by atoms with E-state index in [9.17, 15) is 14.4 Å². The molecule has 0 amide bonds. The lowest BCUT2D eigenvalue weighted by Gasteiger charge is -2.18. The highest BCUT2D eigenvalue weighted by Gasteiger charge is 2.19. The minimum absolute atomic E-state index is 0.0856. The molecule has 0 bridgehead atoms. The number of carbonyl (C=O) groups is 3. The minimum Gasteiger partial charge on any atom is -0.462 e. The molecule has 0 aliphatic carbocycles. The number of ether oxygens (including phenoxy) is 3. The van der Waals surface area contributed by atoms with E-state index in [0.29, 0.717) is 19.3 Å².